The molecule has 1 saturated carbocycles. The molecule has 9 heteroatoms. The number of nitrogens with zero attached hydrogens (tertiary/aromatic N) is 2. The highest BCUT2D eigenvalue weighted by atomic mass is 32.2. The van der Waals surface area contributed by atoms with Gasteiger partial charge in [0.15, 0.2) is 11.5 Å². The zero-order valence-electron chi connectivity index (χ0n) is 15.8. The lowest BCUT2D eigenvalue weighted by molar-refractivity contribution is 0.173. The second-order valence-electron chi connectivity index (χ2n) is 7.79. The minimum atomic E-state index is -3.24. The van der Waals surface area contributed by atoms with Gasteiger partial charge in [-0.1, -0.05) is 0 Å². The number of aromatic hydroxyl groups is 1. The van der Waals surface area contributed by atoms with E-state index in [0.717, 1.165) is 24.8 Å². The van der Waals surface area contributed by atoms with Crippen LogP contribution in [0.25, 0.3) is 0 Å². The molecule has 1 saturated heterocycles. The number of sulfonamides is 1. The van der Waals surface area contributed by atoms with Crippen molar-refractivity contribution in [1.29, 1.82) is 0 Å². The average Bonchev–Trinajstić information content (AvgIpc) is 3.34. The van der Waals surface area contributed by atoms with Crippen LogP contribution in [0.3, 0.4) is 0 Å². The first-order valence-corrected chi connectivity index (χ1v) is 11.3. The second kappa shape index (κ2) is 7.16. The van der Waals surface area contributed by atoms with E-state index in [1.165, 1.54) is 0 Å². The number of aromatic nitrogens is 1. The Morgan fingerprint density at radius 1 is 1.14 bits per heavy atom. The Labute approximate surface area is 169 Å². The summed E-state index contributed by atoms with van der Waals surface area (Å²) in [4.78, 5) is 6.29. The third kappa shape index (κ3) is 3.65. The predicted octanol–water partition coefficient (Wildman–Crippen LogP) is 1.76. The fourth-order valence-corrected chi connectivity index (χ4v) is 5.73. The fourth-order valence-electron chi connectivity index (χ4n) is 4.12. The van der Waals surface area contributed by atoms with E-state index in [0.29, 0.717) is 30.2 Å². The molecule has 3 aliphatic rings. The number of hydrogen-bond donors (Lipinski definition) is 2. The number of nitrogens with one attached hydrogen (secondary N) is 1. The standard InChI is InChI=1S/C20H23N3O5S/c24-17-10-19-18(27-12-28-19)9-16(17)20(13-3-6-21-7-4-13)23-8-5-14(11-23)22-29(25,26)15-1-2-15/h3-4,6-7,9-10,14-15,20,22,24H,1-2,5,8,11-12H2/t14-,20?/m1/s1. The molecule has 0 spiro atoms. The van der Waals surface area contributed by atoms with Gasteiger partial charge in [-0.3, -0.25) is 9.88 Å². The van der Waals surface area contributed by atoms with Gasteiger partial charge in [-0.05, 0) is 43.0 Å². The first kappa shape index (κ1) is 18.7. The van der Waals surface area contributed by atoms with Crippen molar-refractivity contribution in [2.24, 2.45) is 0 Å². The van der Waals surface area contributed by atoms with E-state index >= 15 is 0 Å². The zero-order chi connectivity index (χ0) is 20.0. The van der Waals surface area contributed by atoms with E-state index in [2.05, 4.69) is 14.6 Å². The third-order valence-corrected chi connectivity index (χ3v) is 7.73. The maximum atomic E-state index is 12.3. The number of pyridine rings is 1. The van der Waals surface area contributed by atoms with Crippen molar-refractivity contribution in [2.45, 2.75) is 36.6 Å². The Morgan fingerprint density at radius 3 is 2.59 bits per heavy atom. The molecule has 8 nitrogen and oxygen atoms in total. The molecule has 3 heterocycles. The van der Waals surface area contributed by atoms with Gasteiger partial charge in [0.1, 0.15) is 5.75 Å². The Balaban J connectivity index is 1.45. The second-order valence-corrected chi connectivity index (χ2v) is 9.78. The third-order valence-electron chi connectivity index (χ3n) is 5.72. The van der Waals surface area contributed by atoms with Crippen molar-refractivity contribution in [2.75, 3.05) is 19.9 Å². The monoisotopic (exact) mass is 417 g/mol. The van der Waals surface area contributed by atoms with E-state index < -0.39 is 10.0 Å². The Hall–Kier alpha value is -2.36. The van der Waals surface area contributed by atoms with Crippen LogP contribution in [0, 0.1) is 0 Å². The van der Waals surface area contributed by atoms with Crippen LogP contribution in [-0.2, 0) is 10.0 Å². The molecule has 2 aliphatic heterocycles. The van der Waals surface area contributed by atoms with Gasteiger partial charge in [0.05, 0.1) is 11.3 Å². The van der Waals surface area contributed by atoms with Crippen molar-refractivity contribution in [1.82, 2.24) is 14.6 Å². The maximum absolute atomic E-state index is 12.3. The number of fused-ring (bicyclic) bond motifs is 1. The van der Waals surface area contributed by atoms with E-state index in [4.69, 9.17) is 9.47 Å². The lowest BCUT2D eigenvalue weighted by atomic mass is 9.96. The largest absolute Gasteiger partial charge is 0.507 e. The number of phenolic OH excluding ortho intramolecular Hbond substituents is 1. The van der Waals surface area contributed by atoms with Crippen molar-refractivity contribution in [3.63, 3.8) is 0 Å². The van der Waals surface area contributed by atoms with Gasteiger partial charge < -0.3 is 14.6 Å². The number of rotatable bonds is 6. The lowest BCUT2D eigenvalue weighted by Crippen LogP contribution is -2.39. The molecule has 29 heavy (non-hydrogen) atoms. The van der Waals surface area contributed by atoms with Crippen molar-refractivity contribution in [3.05, 3.63) is 47.8 Å². The molecule has 1 unspecified atom stereocenters. The molecule has 2 atom stereocenters. The van der Waals surface area contributed by atoms with Crippen LogP contribution < -0.4 is 14.2 Å². The highest BCUT2D eigenvalue weighted by Gasteiger charge is 2.39. The number of hydrogen-bond acceptors (Lipinski definition) is 7. The molecule has 1 aromatic carbocycles. The van der Waals surface area contributed by atoms with Gasteiger partial charge in [0.2, 0.25) is 16.8 Å². The summed E-state index contributed by atoms with van der Waals surface area (Å²) in [6, 6.07) is 6.83. The summed E-state index contributed by atoms with van der Waals surface area (Å²) >= 11 is 0. The zero-order valence-corrected chi connectivity index (χ0v) is 16.6. The Morgan fingerprint density at radius 2 is 1.86 bits per heavy atom. The molecule has 0 bridgehead atoms. The van der Waals surface area contributed by atoms with Gasteiger partial charge >= 0.3 is 0 Å². The van der Waals surface area contributed by atoms with Crippen molar-refractivity contribution >= 4 is 10.0 Å². The molecule has 5 rings (SSSR count). The van der Waals surface area contributed by atoms with Gasteiger partial charge in [-0.2, -0.15) is 0 Å². The van der Waals surface area contributed by atoms with E-state index in [-0.39, 0.29) is 29.9 Å². The molecular formula is C20H23N3O5S. The summed E-state index contributed by atoms with van der Waals surface area (Å²) in [5, 5.41) is 10.5. The van der Waals surface area contributed by atoms with Gasteiger partial charge in [0, 0.05) is 43.2 Å². The maximum Gasteiger partial charge on any atom is 0.231 e. The van der Waals surface area contributed by atoms with Crippen LogP contribution in [0.2, 0.25) is 0 Å². The van der Waals surface area contributed by atoms with Crippen LogP contribution in [0.1, 0.15) is 36.4 Å². The molecule has 2 aromatic rings. The molecule has 1 aliphatic carbocycles. The SMILES string of the molecule is O=S(=O)(N[C@@H]1CCN(C(c2ccncc2)c2cc3c(cc2O)OCO3)C1)C1CC1. The topological polar surface area (TPSA) is 101 Å². The highest BCUT2D eigenvalue weighted by molar-refractivity contribution is 7.90. The summed E-state index contributed by atoms with van der Waals surface area (Å²) in [6.07, 6.45) is 5.65. The molecule has 1 aromatic heterocycles. The van der Waals surface area contributed by atoms with Crippen LogP contribution in [0.15, 0.2) is 36.7 Å². The quantitative estimate of drug-likeness (QED) is 0.739. The number of benzene rings is 1. The predicted molar refractivity (Wildman–Crippen MR) is 105 cm³/mol. The lowest BCUT2D eigenvalue weighted by Gasteiger charge is -2.29. The van der Waals surface area contributed by atoms with Gasteiger partial charge in [0.25, 0.3) is 0 Å². The molecular weight excluding hydrogens is 394 g/mol. The minimum absolute atomic E-state index is 0.123. The van der Waals surface area contributed by atoms with Crippen LogP contribution >= 0.6 is 0 Å². The molecule has 0 radical (unpaired) electrons. The summed E-state index contributed by atoms with van der Waals surface area (Å²) < 4.78 is 38.4. The summed E-state index contributed by atoms with van der Waals surface area (Å²) in [6.45, 7) is 1.40. The van der Waals surface area contributed by atoms with E-state index in [1.54, 1.807) is 18.5 Å². The van der Waals surface area contributed by atoms with Crippen LogP contribution in [-0.4, -0.2) is 54.6 Å². The molecule has 2 fully saturated rings. The Bertz CT molecular complexity index is 1010. The van der Waals surface area contributed by atoms with Crippen LogP contribution in [0.5, 0.6) is 17.2 Å². The highest BCUT2D eigenvalue weighted by Crippen LogP contribution is 2.43. The smallest absolute Gasteiger partial charge is 0.231 e. The van der Waals surface area contributed by atoms with Crippen molar-refractivity contribution < 1.29 is 23.0 Å². The summed E-state index contributed by atoms with van der Waals surface area (Å²) in [5.74, 6) is 1.25. The fraction of sp³-hybridized carbons (Fsp3) is 0.450. The van der Waals surface area contributed by atoms with Gasteiger partial charge in [-0.25, -0.2) is 13.1 Å². The summed E-state index contributed by atoms with van der Waals surface area (Å²) in [7, 11) is -3.24. The van der Waals surface area contributed by atoms with E-state index in [9.17, 15) is 13.5 Å². The Kier molecular flexibility index (Phi) is 4.60. The van der Waals surface area contributed by atoms with Crippen LogP contribution in [0.4, 0.5) is 0 Å². The minimum Gasteiger partial charge on any atom is -0.507 e. The molecule has 0 amide bonds. The number of phenols is 1. The molecule has 2 N–H and O–H groups in total. The summed E-state index contributed by atoms with van der Waals surface area (Å²) in [5.41, 5.74) is 1.67. The number of ether oxygens (including phenoxy) is 2. The number of likely N-dealkylation sites (tertiary alicyclic amines) is 1. The first-order chi connectivity index (χ1) is 14.0. The molecule has 154 valence electrons. The first-order valence-electron chi connectivity index (χ1n) is 9.79. The average molecular weight is 417 g/mol. The normalized spacial score (nSPS) is 22.7. The van der Waals surface area contributed by atoms with E-state index in [1.807, 2.05) is 18.2 Å². The van der Waals surface area contributed by atoms with Gasteiger partial charge in [-0.15, -0.1) is 0 Å². The van der Waals surface area contributed by atoms with Crippen molar-refractivity contribution in [3.8, 4) is 17.2 Å².